The van der Waals surface area contributed by atoms with Gasteiger partial charge in [0.2, 0.25) is 5.91 Å². The quantitative estimate of drug-likeness (QED) is 0.902. The number of carbonyl (C=O) groups is 1. The molecular weight excluding hydrogens is 248 g/mol. The summed E-state index contributed by atoms with van der Waals surface area (Å²) < 4.78 is 0. The highest BCUT2D eigenvalue weighted by atomic mass is 16.2. The number of para-hydroxylation sites is 1. The molecule has 20 heavy (non-hydrogen) atoms. The van der Waals surface area contributed by atoms with Crippen LogP contribution in [-0.4, -0.2) is 19.5 Å². The maximum absolute atomic E-state index is 12.0. The molecule has 2 aromatic carbocycles. The first-order chi connectivity index (χ1) is 9.69. The Bertz CT molecular complexity index is 566. The van der Waals surface area contributed by atoms with Crippen molar-refractivity contribution in [1.82, 2.24) is 0 Å². The summed E-state index contributed by atoms with van der Waals surface area (Å²) in [7, 11) is 1.91. The Morgan fingerprint density at radius 3 is 2.55 bits per heavy atom. The second-order valence-corrected chi connectivity index (χ2v) is 4.79. The van der Waals surface area contributed by atoms with E-state index in [1.165, 1.54) is 5.56 Å². The van der Waals surface area contributed by atoms with E-state index in [0.29, 0.717) is 6.54 Å². The van der Waals surface area contributed by atoms with Gasteiger partial charge in [-0.25, -0.2) is 0 Å². The van der Waals surface area contributed by atoms with E-state index in [1.807, 2.05) is 60.5 Å². The molecule has 2 aromatic rings. The largest absolute Gasteiger partial charge is 0.365 e. The van der Waals surface area contributed by atoms with Gasteiger partial charge >= 0.3 is 0 Å². The normalized spacial score (nSPS) is 10.1. The van der Waals surface area contributed by atoms with Gasteiger partial charge in [-0.05, 0) is 36.2 Å². The Morgan fingerprint density at radius 2 is 1.85 bits per heavy atom. The number of rotatable bonds is 5. The molecule has 0 saturated carbocycles. The molecule has 0 atom stereocenters. The van der Waals surface area contributed by atoms with Crippen LogP contribution in [0.25, 0.3) is 0 Å². The molecule has 0 aliphatic rings. The van der Waals surface area contributed by atoms with Crippen molar-refractivity contribution in [3.8, 4) is 0 Å². The predicted octanol–water partition coefficient (Wildman–Crippen LogP) is 3.32. The van der Waals surface area contributed by atoms with Crippen LogP contribution in [0.5, 0.6) is 0 Å². The summed E-state index contributed by atoms with van der Waals surface area (Å²) in [6.07, 6.45) is 0.966. The number of benzene rings is 2. The summed E-state index contributed by atoms with van der Waals surface area (Å²) in [6, 6.07) is 17.8. The van der Waals surface area contributed by atoms with E-state index in [0.717, 1.165) is 17.8 Å². The fourth-order valence-electron chi connectivity index (χ4n) is 2.06. The smallest absolute Gasteiger partial charge is 0.243 e. The molecule has 0 radical (unpaired) electrons. The summed E-state index contributed by atoms with van der Waals surface area (Å²) in [5.74, 6) is -0.00962. The maximum Gasteiger partial charge on any atom is 0.243 e. The molecule has 0 bridgehead atoms. The van der Waals surface area contributed by atoms with Gasteiger partial charge in [0.1, 0.15) is 0 Å². The molecule has 0 aliphatic heterocycles. The van der Waals surface area contributed by atoms with Gasteiger partial charge in [-0.1, -0.05) is 37.3 Å². The van der Waals surface area contributed by atoms with Gasteiger partial charge in [0, 0.05) is 18.4 Å². The second kappa shape index (κ2) is 6.75. The Morgan fingerprint density at radius 1 is 1.10 bits per heavy atom. The Kier molecular flexibility index (Phi) is 4.77. The minimum absolute atomic E-state index is 0.00962. The number of carbonyl (C=O) groups excluding carboxylic acids is 1. The van der Waals surface area contributed by atoms with Gasteiger partial charge < -0.3 is 10.2 Å². The molecular formula is C17H20N2O. The number of likely N-dealkylation sites (N-methyl/N-ethyl adjacent to an activating group) is 1. The fourth-order valence-corrected chi connectivity index (χ4v) is 2.06. The first-order valence-electron chi connectivity index (χ1n) is 6.84. The number of hydrogen-bond donors (Lipinski definition) is 1. The molecule has 1 amide bonds. The number of amides is 1. The third kappa shape index (κ3) is 3.85. The van der Waals surface area contributed by atoms with Gasteiger partial charge in [-0.2, -0.15) is 0 Å². The van der Waals surface area contributed by atoms with E-state index >= 15 is 0 Å². The lowest BCUT2D eigenvalue weighted by molar-refractivity contribution is -0.114. The highest BCUT2D eigenvalue weighted by molar-refractivity contribution is 5.94. The second-order valence-electron chi connectivity index (χ2n) is 4.79. The van der Waals surface area contributed by atoms with Crippen molar-refractivity contribution in [2.45, 2.75) is 13.3 Å². The van der Waals surface area contributed by atoms with Crippen LogP contribution in [0.4, 0.5) is 11.4 Å². The van der Waals surface area contributed by atoms with Gasteiger partial charge in [0.05, 0.1) is 6.54 Å². The summed E-state index contributed by atoms with van der Waals surface area (Å²) in [6.45, 7) is 2.44. The van der Waals surface area contributed by atoms with Crippen LogP contribution in [-0.2, 0) is 11.2 Å². The fraction of sp³-hybridized carbons (Fsp3) is 0.235. The molecule has 3 nitrogen and oxygen atoms in total. The molecule has 104 valence electrons. The third-order valence-electron chi connectivity index (χ3n) is 3.20. The molecule has 0 heterocycles. The lowest BCUT2D eigenvalue weighted by Crippen LogP contribution is -2.29. The van der Waals surface area contributed by atoms with Gasteiger partial charge in [0.25, 0.3) is 0 Å². The zero-order valence-corrected chi connectivity index (χ0v) is 12.0. The van der Waals surface area contributed by atoms with Crippen LogP contribution < -0.4 is 10.2 Å². The van der Waals surface area contributed by atoms with Crippen LogP contribution in [0.15, 0.2) is 54.6 Å². The van der Waals surface area contributed by atoms with Crippen LogP contribution in [0, 0.1) is 0 Å². The van der Waals surface area contributed by atoms with E-state index in [1.54, 1.807) is 0 Å². The number of anilines is 2. The average Bonchev–Trinajstić information content (AvgIpc) is 2.48. The van der Waals surface area contributed by atoms with E-state index in [9.17, 15) is 4.79 Å². The third-order valence-corrected chi connectivity index (χ3v) is 3.20. The molecule has 1 N–H and O–H groups in total. The van der Waals surface area contributed by atoms with Crippen molar-refractivity contribution in [2.24, 2.45) is 0 Å². The van der Waals surface area contributed by atoms with Crippen LogP contribution in [0.3, 0.4) is 0 Å². The van der Waals surface area contributed by atoms with E-state index in [2.05, 4.69) is 18.3 Å². The molecule has 3 heteroatoms. The van der Waals surface area contributed by atoms with Crippen molar-refractivity contribution >= 4 is 17.3 Å². The van der Waals surface area contributed by atoms with Crippen molar-refractivity contribution in [3.63, 3.8) is 0 Å². The number of aryl methyl sites for hydroxylation is 1. The summed E-state index contributed by atoms with van der Waals surface area (Å²) in [4.78, 5) is 14.0. The summed E-state index contributed by atoms with van der Waals surface area (Å²) >= 11 is 0. The lowest BCUT2D eigenvalue weighted by Gasteiger charge is -2.18. The Balaban J connectivity index is 1.95. The predicted molar refractivity (Wildman–Crippen MR) is 84.2 cm³/mol. The van der Waals surface area contributed by atoms with Crippen molar-refractivity contribution in [1.29, 1.82) is 0 Å². The minimum Gasteiger partial charge on any atom is -0.365 e. The summed E-state index contributed by atoms with van der Waals surface area (Å²) in [5, 5.41) is 2.94. The van der Waals surface area contributed by atoms with Gasteiger partial charge in [-0.15, -0.1) is 0 Å². The highest BCUT2D eigenvalue weighted by Gasteiger charge is 2.07. The van der Waals surface area contributed by atoms with Gasteiger partial charge in [-0.3, -0.25) is 4.79 Å². The topological polar surface area (TPSA) is 32.3 Å². The van der Waals surface area contributed by atoms with E-state index < -0.39 is 0 Å². The Labute approximate surface area is 120 Å². The monoisotopic (exact) mass is 268 g/mol. The van der Waals surface area contributed by atoms with Crippen LogP contribution in [0.1, 0.15) is 12.5 Å². The lowest BCUT2D eigenvalue weighted by atomic mass is 10.1. The molecule has 2 rings (SSSR count). The average molecular weight is 268 g/mol. The molecule has 0 spiro atoms. The molecule has 0 aliphatic carbocycles. The van der Waals surface area contributed by atoms with Crippen molar-refractivity contribution < 1.29 is 4.79 Å². The molecule has 0 fully saturated rings. The number of hydrogen-bond acceptors (Lipinski definition) is 2. The highest BCUT2D eigenvalue weighted by Crippen LogP contribution is 2.13. The minimum atomic E-state index is -0.00962. The van der Waals surface area contributed by atoms with Crippen molar-refractivity contribution in [2.75, 3.05) is 23.8 Å². The van der Waals surface area contributed by atoms with Crippen LogP contribution >= 0.6 is 0 Å². The molecule has 0 saturated heterocycles. The first-order valence-corrected chi connectivity index (χ1v) is 6.84. The Hall–Kier alpha value is -2.29. The number of nitrogens with zero attached hydrogens (tertiary/aromatic N) is 1. The van der Waals surface area contributed by atoms with Gasteiger partial charge in [0.15, 0.2) is 0 Å². The van der Waals surface area contributed by atoms with E-state index in [4.69, 9.17) is 0 Å². The maximum atomic E-state index is 12.0. The standard InChI is InChI=1S/C17H20N2O/c1-3-14-8-7-9-15(12-14)18-17(20)13-19(2)16-10-5-4-6-11-16/h4-12H,3,13H2,1-2H3,(H,18,20). The van der Waals surface area contributed by atoms with E-state index in [-0.39, 0.29) is 5.91 Å². The molecule has 0 aromatic heterocycles. The number of nitrogens with one attached hydrogen (secondary N) is 1. The SMILES string of the molecule is CCc1cccc(NC(=O)CN(C)c2ccccc2)c1. The van der Waals surface area contributed by atoms with Crippen molar-refractivity contribution in [3.05, 3.63) is 60.2 Å². The van der Waals surface area contributed by atoms with Crippen LogP contribution in [0.2, 0.25) is 0 Å². The zero-order valence-electron chi connectivity index (χ0n) is 12.0. The molecule has 0 unspecified atom stereocenters. The zero-order chi connectivity index (χ0) is 14.4. The first kappa shape index (κ1) is 14.1. The summed E-state index contributed by atoms with van der Waals surface area (Å²) in [5.41, 5.74) is 3.11.